The second kappa shape index (κ2) is 5.13. The van der Waals surface area contributed by atoms with Crippen molar-refractivity contribution in [2.75, 3.05) is 11.9 Å². The van der Waals surface area contributed by atoms with E-state index in [9.17, 15) is 13.2 Å². The number of nitrogens with zero attached hydrogens (tertiary/aromatic N) is 2. The molecule has 0 aliphatic carbocycles. The lowest BCUT2D eigenvalue weighted by Gasteiger charge is -2.15. The molecule has 0 amide bonds. The van der Waals surface area contributed by atoms with Gasteiger partial charge in [-0.25, -0.2) is 4.98 Å². The Balaban J connectivity index is 2.58. The Labute approximate surface area is 113 Å². The summed E-state index contributed by atoms with van der Waals surface area (Å²) in [5, 5.41) is 2.94. The summed E-state index contributed by atoms with van der Waals surface area (Å²) in [6, 6.07) is 3.65. The summed E-state index contributed by atoms with van der Waals surface area (Å²) in [5.41, 5.74) is -0.803. The van der Waals surface area contributed by atoms with E-state index < -0.39 is 11.7 Å². The van der Waals surface area contributed by atoms with E-state index in [1.165, 1.54) is 29.1 Å². The van der Waals surface area contributed by atoms with Crippen molar-refractivity contribution in [1.82, 2.24) is 9.55 Å². The summed E-state index contributed by atoms with van der Waals surface area (Å²) in [7, 11) is 0. The number of alkyl halides is 3. The molecule has 0 saturated carbocycles. The molecule has 0 aliphatic rings. The molecule has 0 radical (unpaired) electrons. The first kappa shape index (κ1) is 13.7. The number of halogens is 4. The maximum atomic E-state index is 13.0. The molecule has 0 bridgehead atoms. The molecular formula is C12H11ClF3N3. The van der Waals surface area contributed by atoms with Gasteiger partial charge in [-0.1, -0.05) is 11.6 Å². The first-order valence-corrected chi connectivity index (χ1v) is 5.95. The minimum atomic E-state index is -4.48. The summed E-state index contributed by atoms with van der Waals surface area (Å²) < 4.78 is 40.4. The van der Waals surface area contributed by atoms with E-state index in [0.717, 1.165) is 6.07 Å². The quantitative estimate of drug-likeness (QED) is 0.926. The Morgan fingerprint density at radius 3 is 2.74 bits per heavy atom. The fourth-order valence-electron chi connectivity index (χ4n) is 1.73. The number of nitrogens with one attached hydrogen (secondary N) is 1. The third-order valence-corrected chi connectivity index (χ3v) is 2.73. The molecule has 19 heavy (non-hydrogen) atoms. The van der Waals surface area contributed by atoms with Crippen LogP contribution in [0.3, 0.4) is 0 Å². The number of aromatic nitrogens is 2. The van der Waals surface area contributed by atoms with E-state index >= 15 is 0 Å². The number of hydrogen-bond donors (Lipinski definition) is 1. The Morgan fingerprint density at radius 1 is 1.37 bits per heavy atom. The highest BCUT2D eigenvalue weighted by Gasteiger charge is 2.34. The molecule has 1 N–H and O–H groups in total. The number of imidazole rings is 1. The predicted octanol–water partition coefficient (Wildman–Crippen LogP) is 3.98. The molecule has 1 aromatic carbocycles. The van der Waals surface area contributed by atoms with Gasteiger partial charge < -0.3 is 5.32 Å². The van der Waals surface area contributed by atoms with E-state index in [1.807, 2.05) is 6.92 Å². The lowest BCUT2D eigenvalue weighted by molar-refractivity contribution is -0.137. The van der Waals surface area contributed by atoms with Crippen molar-refractivity contribution in [1.29, 1.82) is 0 Å². The van der Waals surface area contributed by atoms with E-state index in [1.54, 1.807) is 0 Å². The molecule has 0 spiro atoms. The van der Waals surface area contributed by atoms with Gasteiger partial charge >= 0.3 is 6.18 Å². The standard InChI is InChI=1S/C12H11ClF3N3/c1-2-17-11-18-5-6-19(11)10-4-3-8(13)7-9(10)12(14,15)16/h3-7H,2H2,1H3,(H,17,18). The molecule has 2 rings (SSSR count). The van der Waals surface area contributed by atoms with Gasteiger partial charge in [-0.3, -0.25) is 4.57 Å². The molecule has 1 aromatic heterocycles. The Kier molecular flexibility index (Phi) is 3.71. The van der Waals surface area contributed by atoms with Crippen molar-refractivity contribution in [3.05, 3.63) is 41.2 Å². The van der Waals surface area contributed by atoms with Crippen LogP contribution in [0.5, 0.6) is 0 Å². The number of anilines is 1. The summed E-state index contributed by atoms with van der Waals surface area (Å²) in [6.45, 7) is 2.40. The van der Waals surface area contributed by atoms with Crippen molar-refractivity contribution in [3.63, 3.8) is 0 Å². The van der Waals surface area contributed by atoms with Crippen LogP contribution in [-0.4, -0.2) is 16.1 Å². The molecule has 0 unspecified atom stereocenters. The molecule has 0 aliphatic heterocycles. The van der Waals surface area contributed by atoms with Crippen LogP contribution in [0.4, 0.5) is 19.1 Å². The molecule has 3 nitrogen and oxygen atoms in total. The number of hydrogen-bond acceptors (Lipinski definition) is 2. The molecule has 2 aromatic rings. The second-order valence-electron chi connectivity index (χ2n) is 3.81. The van der Waals surface area contributed by atoms with Crippen molar-refractivity contribution >= 4 is 17.5 Å². The van der Waals surface area contributed by atoms with Crippen LogP contribution in [0, 0.1) is 0 Å². The van der Waals surface area contributed by atoms with Crippen LogP contribution in [0.2, 0.25) is 5.02 Å². The van der Waals surface area contributed by atoms with Gasteiger partial charge in [-0.05, 0) is 25.1 Å². The zero-order valence-electron chi connectivity index (χ0n) is 10.0. The number of rotatable bonds is 3. The topological polar surface area (TPSA) is 29.9 Å². The highest BCUT2D eigenvalue weighted by Crippen LogP contribution is 2.36. The van der Waals surface area contributed by atoms with Gasteiger partial charge in [0.15, 0.2) is 0 Å². The molecule has 7 heteroatoms. The summed E-state index contributed by atoms with van der Waals surface area (Å²) in [4.78, 5) is 3.98. The molecular weight excluding hydrogens is 279 g/mol. The van der Waals surface area contributed by atoms with Gasteiger partial charge in [-0.15, -0.1) is 0 Å². The third kappa shape index (κ3) is 2.84. The summed E-state index contributed by atoms with van der Waals surface area (Å²) in [5.74, 6) is 0.357. The Bertz CT molecular complexity index is 578. The average Bonchev–Trinajstić information content (AvgIpc) is 2.76. The van der Waals surface area contributed by atoms with Crippen LogP contribution in [0.1, 0.15) is 12.5 Å². The minimum Gasteiger partial charge on any atom is -0.356 e. The zero-order chi connectivity index (χ0) is 14.0. The van der Waals surface area contributed by atoms with Crippen molar-refractivity contribution in [2.24, 2.45) is 0 Å². The lowest BCUT2D eigenvalue weighted by atomic mass is 10.1. The third-order valence-electron chi connectivity index (χ3n) is 2.50. The van der Waals surface area contributed by atoms with E-state index in [0.29, 0.717) is 12.5 Å². The normalized spacial score (nSPS) is 11.6. The first-order chi connectivity index (χ1) is 8.93. The summed E-state index contributed by atoms with van der Waals surface area (Å²) >= 11 is 5.64. The maximum absolute atomic E-state index is 13.0. The minimum absolute atomic E-state index is 0.00894. The molecule has 102 valence electrons. The maximum Gasteiger partial charge on any atom is 0.418 e. The smallest absolute Gasteiger partial charge is 0.356 e. The van der Waals surface area contributed by atoms with Gasteiger partial charge in [-0.2, -0.15) is 13.2 Å². The summed E-state index contributed by atoms with van der Waals surface area (Å²) in [6.07, 6.45) is -1.57. The van der Waals surface area contributed by atoms with Crippen LogP contribution in [0.25, 0.3) is 5.69 Å². The van der Waals surface area contributed by atoms with E-state index in [4.69, 9.17) is 11.6 Å². The van der Waals surface area contributed by atoms with E-state index in [-0.39, 0.29) is 10.7 Å². The van der Waals surface area contributed by atoms with Gasteiger partial charge in [0, 0.05) is 24.0 Å². The Hall–Kier alpha value is -1.69. The Morgan fingerprint density at radius 2 is 2.11 bits per heavy atom. The second-order valence-corrected chi connectivity index (χ2v) is 4.25. The fourth-order valence-corrected chi connectivity index (χ4v) is 1.90. The van der Waals surface area contributed by atoms with Gasteiger partial charge in [0.05, 0.1) is 11.3 Å². The molecule has 0 saturated heterocycles. The van der Waals surface area contributed by atoms with Gasteiger partial charge in [0.2, 0.25) is 5.95 Å². The van der Waals surface area contributed by atoms with Crippen LogP contribution in [-0.2, 0) is 6.18 Å². The van der Waals surface area contributed by atoms with Crippen molar-refractivity contribution in [2.45, 2.75) is 13.1 Å². The van der Waals surface area contributed by atoms with Crippen LogP contribution in [0.15, 0.2) is 30.6 Å². The van der Waals surface area contributed by atoms with Crippen LogP contribution < -0.4 is 5.32 Å². The van der Waals surface area contributed by atoms with Crippen molar-refractivity contribution in [3.8, 4) is 5.69 Å². The first-order valence-electron chi connectivity index (χ1n) is 5.58. The molecule has 1 heterocycles. The van der Waals surface area contributed by atoms with E-state index in [2.05, 4.69) is 10.3 Å². The van der Waals surface area contributed by atoms with Crippen molar-refractivity contribution < 1.29 is 13.2 Å². The predicted molar refractivity (Wildman–Crippen MR) is 67.7 cm³/mol. The van der Waals surface area contributed by atoms with Crippen LogP contribution >= 0.6 is 11.6 Å². The van der Waals surface area contributed by atoms with Gasteiger partial charge in [0.1, 0.15) is 0 Å². The molecule has 0 fully saturated rings. The van der Waals surface area contributed by atoms with Gasteiger partial charge in [0.25, 0.3) is 0 Å². The zero-order valence-corrected chi connectivity index (χ0v) is 10.8. The monoisotopic (exact) mass is 289 g/mol. The molecule has 0 atom stereocenters. The SMILES string of the molecule is CCNc1nccn1-c1ccc(Cl)cc1C(F)(F)F. The highest BCUT2D eigenvalue weighted by atomic mass is 35.5. The largest absolute Gasteiger partial charge is 0.418 e. The fraction of sp³-hybridized carbons (Fsp3) is 0.250. The highest BCUT2D eigenvalue weighted by molar-refractivity contribution is 6.30. The number of benzene rings is 1. The lowest BCUT2D eigenvalue weighted by Crippen LogP contribution is -2.12. The average molecular weight is 290 g/mol.